The Morgan fingerprint density at radius 2 is 1.95 bits per heavy atom. The molecule has 5 nitrogen and oxygen atoms in total. The van der Waals surface area contributed by atoms with Crippen LogP contribution in [0.3, 0.4) is 0 Å². The van der Waals surface area contributed by atoms with Crippen molar-refractivity contribution >= 4 is 11.8 Å². The summed E-state index contributed by atoms with van der Waals surface area (Å²) in [6.45, 7) is 0.271. The third-order valence-corrected chi connectivity index (χ3v) is 4.44. The Labute approximate surface area is 116 Å². The number of ketones is 1. The first kappa shape index (κ1) is 12.1. The van der Waals surface area contributed by atoms with Gasteiger partial charge in [0.15, 0.2) is 0 Å². The van der Waals surface area contributed by atoms with Gasteiger partial charge in [0.05, 0.1) is 18.1 Å². The maximum Gasteiger partial charge on any atom is 0.326 e. The first-order valence-electron chi connectivity index (χ1n) is 6.95. The van der Waals surface area contributed by atoms with E-state index in [2.05, 4.69) is 0 Å². The number of nitrogens with zero attached hydrogens (tertiary/aromatic N) is 1. The summed E-state index contributed by atoms with van der Waals surface area (Å²) in [6, 6.07) is 9.11. The first-order valence-corrected chi connectivity index (χ1v) is 6.95. The van der Waals surface area contributed by atoms with Gasteiger partial charge in [0.2, 0.25) is 0 Å². The topological polar surface area (TPSA) is 55.8 Å². The number of carbonyl (C=O) groups is 2. The van der Waals surface area contributed by atoms with Crippen molar-refractivity contribution < 1.29 is 19.2 Å². The van der Waals surface area contributed by atoms with Crippen molar-refractivity contribution in [2.75, 3.05) is 6.61 Å². The predicted molar refractivity (Wildman–Crippen MR) is 68.4 cm³/mol. The van der Waals surface area contributed by atoms with Crippen LogP contribution in [0.5, 0.6) is 0 Å². The summed E-state index contributed by atoms with van der Waals surface area (Å²) >= 11 is 0. The van der Waals surface area contributed by atoms with Crippen LogP contribution in [0.1, 0.15) is 24.4 Å². The zero-order chi connectivity index (χ0) is 13.7. The Kier molecular flexibility index (Phi) is 2.65. The van der Waals surface area contributed by atoms with Crippen molar-refractivity contribution in [2.24, 2.45) is 5.92 Å². The summed E-state index contributed by atoms with van der Waals surface area (Å²) in [7, 11) is 0. The number of rotatable bonds is 1. The molecule has 3 aliphatic rings. The average molecular weight is 273 g/mol. The monoisotopic (exact) mass is 273 g/mol. The number of morpholine rings is 1. The molecule has 0 N–H and O–H groups in total. The summed E-state index contributed by atoms with van der Waals surface area (Å²) < 4.78 is 5.30. The molecular weight excluding hydrogens is 258 g/mol. The molecule has 0 bridgehead atoms. The Bertz CT molecular complexity index is 558. The molecule has 3 fully saturated rings. The molecule has 4 atom stereocenters. The van der Waals surface area contributed by atoms with Crippen LogP contribution in [0.4, 0.5) is 0 Å². The fraction of sp³-hybridized carbons (Fsp3) is 0.467. The summed E-state index contributed by atoms with van der Waals surface area (Å²) in [6.07, 6.45) is 1.04. The van der Waals surface area contributed by atoms with Crippen LogP contribution in [0.2, 0.25) is 0 Å². The molecule has 2 saturated heterocycles. The van der Waals surface area contributed by atoms with Crippen LogP contribution in [0, 0.1) is 5.92 Å². The molecule has 0 amide bonds. The maximum atomic E-state index is 12.0. The van der Waals surface area contributed by atoms with Gasteiger partial charge in [-0.3, -0.25) is 14.4 Å². The smallest absolute Gasteiger partial charge is 0.326 e. The van der Waals surface area contributed by atoms with Gasteiger partial charge in [-0.1, -0.05) is 30.3 Å². The molecule has 20 heavy (non-hydrogen) atoms. The van der Waals surface area contributed by atoms with E-state index in [1.807, 2.05) is 30.3 Å². The molecule has 1 aromatic carbocycles. The predicted octanol–water partition coefficient (Wildman–Crippen LogP) is 1.25. The number of ether oxygens (including phenoxy) is 1. The van der Waals surface area contributed by atoms with E-state index in [0.717, 1.165) is 5.56 Å². The molecule has 0 unspecified atom stereocenters. The Hall–Kier alpha value is -1.72. The van der Waals surface area contributed by atoms with Gasteiger partial charge in [-0.15, -0.1) is 0 Å². The number of hydroxylamine groups is 2. The highest BCUT2D eigenvalue weighted by Crippen LogP contribution is 2.44. The highest BCUT2D eigenvalue weighted by molar-refractivity contribution is 5.91. The summed E-state index contributed by atoms with van der Waals surface area (Å²) in [4.78, 5) is 29.9. The Morgan fingerprint density at radius 1 is 1.15 bits per heavy atom. The minimum atomic E-state index is -0.575. The van der Waals surface area contributed by atoms with Crippen LogP contribution in [0.15, 0.2) is 30.3 Å². The minimum absolute atomic E-state index is 0.119. The number of fused-ring (bicyclic) bond motifs is 3. The fourth-order valence-electron chi connectivity index (χ4n) is 3.47. The number of hydrogen-bond acceptors (Lipinski definition) is 5. The average Bonchev–Trinajstić information content (AvgIpc) is 3.01. The second-order valence-electron chi connectivity index (χ2n) is 5.54. The van der Waals surface area contributed by atoms with Gasteiger partial charge < -0.3 is 4.74 Å². The van der Waals surface area contributed by atoms with Gasteiger partial charge in [-0.25, -0.2) is 0 Å². The van der Waals surface area contributed by atoms with E-state index in [4.69, 9.17) is 9.57 Å². The number of esters is 1. The number of hydrogen-bond donors (Lipinski definition) is 0. The van der Waals surface area contributed by atoms with E-state index in [1.54, 1.807) is 5.06 Å². The van der Waals surface area contributed by atoms with Crippen LogP contribution in [-0.2, 0) is 19.2 Å². The largest absolute Gasteiger partial charge is 0.462 e. The normalized spacial score (nSPS) is 36.6. The molecule has 1 saturated carbocycles. The quantitative estimate of drug-likeness (QED) is 0.721. The van der Waals surface area contributed by atoms with Gasteiger partial charge in [-0.05, 0) is 12.0 Å². The van der Waals surface area contributed by atoms with Gasteiger partial charge in [0.25, 0.3) is 0 Å². The highest BCUT2D eigenvalue weighted by Gasteiger charge is 2.58. The second kappa shape index (κ2) is 4.40. The van der Waals surface area contributed by atoms with Crippen LogP contribution in [0.25, 0.3) is 0 Å². The molecule has 104 valence electrons. The van der Waals surface area contributed by atoms with Gasteiger partial charge in [0, 0.05) is 6.42 Å². The van der Waals surface area contributed by atoms with Gasteiger partial charge >= 0.3 is 5.97 Å². The molecular formula is C15H15NO4. The van der Waals surface area contributed by atoms with Crippen molar-refractivity contribution in [3.63, 3.8) is 0 Å². The minimum Gasteiger partial charge on any atom is -0.462 e. The van der Waals surface area contributed by atoms with Crippen LogP contribution >= 0.6 is 0 Å². The summed E-state index contributed by atoms with van der Waals surface area (Å²) in [5, 5.41) is 1.70. The maximum absolute atomic E-state index is 12.0. The van der Waals surface area contributed by atoms with Crippen molar-refractivity contribution in [3.05, 3.63) is 35.9 Å². The first-order chi connectivity index (χ1) is 9.75. The zero-order valence-electron chi connectivity index (χ0n) is 10.9. The van der Waals surface area contributed by atoms with Gasteiger partial charge in [0.1, 0.15) is 18.4 Å². The van der Waals surface area contributed by atoms with Crippen molar-refractivity contribution in [1.29, 1.82) is 0 Å². The van der Waals surface area contributed by atoms with Crippen molar-refractivity contribution in [2.45, 2.75) is 31.0 Å². The lowest BCUT2D eigenvalue weighted by atomic mass is 9.93. The van der Waals surface area contributed by atoms with Crippen LogP contribution in [-0.4, -0.2) is 35.6 Å². The molecule has 1 aliphatic carbocycles. The van der Waals surface area contributed by atoms with Crippen molar-refractivity contribution in [3.8, 4) is 0 Å². The van der Waals surface area contributed by atoms with E-state index in [0.29, 0.717) is 12.8 Å². The standard InChI is InChI=1S/C15H15NO4/c17-11-6-7-12-13(11)14-15(18)19-8-10(16(14)20-12)9-4-2-1-3-5-9/h1-5,10,12-14H,6-8H2/t10-,12-,13+,14+/m0/s1. The molecule has 5 heteroatoms. The van der Waals surface area contributed by atoms with Gasteiger partial charge in [-0.2, -0.15) is 5.06 Å². The molecule has 0 spiro atoms. The molecule has 1 aromatic rings. The van der Waals surface area contributed by atoms with E-state index >= 15 is 0 Å². The second-order valence-corrected chi connectivity index (χ2v) is 5.54. The Balaban J connectivity index is 1.69. The zero-order valence-corrected chi connectivity index (χ0v) is 10.9. The van der Waals surface area contributed by atoms with Crippen LogP contribution < -0.4 is 0 Å². The lowest BCUT2D eigenvalue weighted by Gasteiger charge is -2.35. The lowest BCUT2D eigenvalue weighted by Crippen LogP contribution is -2.49. The lowest BCUT2D eigenvalue weighted by molar-refractivity contribution is -0.228. The summed E-state index contributed by atoms with van der Waals surface area (Å²) in [5.41, 5.74) is 1.04. The van der Waals surface area contributed by atoms with E-state index in [-0.39, 0.29) is 36.4 Å². The third kappa shape index (κ3) is 1.63. The SMILES string of the molecule is O=C1CC[C@@H]2ON3[C@H](c4ccccc4)COC(=O)[C@H]3[C@H]12. The van der Waals surface area contributed by atoms with E-state index in [1.165, 1.54) is 0 Å². The molecule has 2 heterocycles. The molecule has 2 aliphatic heterocycles. The number of Topliss-reactive ketones (excluding diaryl/α,β-unsaturated/α-hetero) is 1. The fourth-order valence-corrected chi connectivity index (χ4v) is 3.47. The molecule has 0 aromatic heterocycles. The van der Waals surface area contributed by atoms with E-state index < -0.39 is 6.04 Å². The number of carbonyl (C=O) groups excluding carboxylic acids is 2. The molecule has 4 rings (SSSR count). The third-order valence-electron chi connectivity index (χ3n) is 4.44. The highest BCUT2D eigenvalue weighted by atomic mass is 16.7. The number of cyclic esters (lactones) is 1. The Morgan fingerprint density at radius 3 is 2.75 bits per heavy atom. The summed E-state index contributed by atoms with van der Waals surface area (Å²) in [5.74, 6) is -0.567. The van der Waals surface area contributed by atoms with Crippen molar-refractivity contribution in [1.82, 2.24) is 5.06 Å². The van der Waals surface area contributed by atoms with E-state index in [9.17, 15) is 9.59 Å². The molecule has 0 radical (unpaired) electrons. The number of benzene rings is 1.